The minimum Gasteiger partial charge on any atom is -0.324 e. The van der Waals surface area contributed by atoms with Gasteiger partial charge in [0.1, 0.15) is 10.9 Å². The molecular weight excluding hydrogens is 340 g/mol. The summed E-state index contributed by atoms with van der Waals surface area (Å²) in [4.78, 5) is 25.0. The number of fused-ring (bicyclic) bond motifs is 1. The van der Waals surface area contributed by atoms with E-state index in [1.54, 1.807) is 24.3 Å². The highest BCUT2D eigenvalue weighted by Crippen LogP contribution is 2.32. The van der Waals surface area contributed by atoms with Crippen molar-refractivity contribution in [1.29, 1.82) is 0 Å². The SMILES string of the molecule is CCc1ccccc1NC(=O)[C@H](C)N1C(=O)c2ccccc2S1(=O)=O. The monoisotopic (exact) mass is 358 g/mol. The van der Waals surface area contributed by atoms with Gasteiger partial charge in [0.25, 0.3) is 15.9 Å². The van der Waals surface area contributed by atoms with Crippen molar-refractivity contribution in [3.63, 3.8) is 0 Å². The Labute approximate surface area is 146 Å². The van der Waals surface area contributed by atoms with Crippen LogP contribution in [0.2, 0.25) is 0 Å². The molecule has 25 heavy (non-hydrogen) atoms. The zero-order valence-electron chi connectivity index (χ0n) is 13.9. The average molecular weight is 358 g/mol. The normalized spacial score (nSPS) is 16.4. The third-order valence-electron chi connectivity index (χ3n) is 4.24. The van der Waals surface area contributed by atoms with Gasteiger partial charge in [-0.2, -0.15) is 0 Å². The van der Waals surface area contributed by atoms with Gasteiger partial charge in [0.05, 0.1) is 5.56 Å². The van der Waals surface area contributed by atoms with Crippen molar-refractivity contribution in [3.05, 3.63) is 59.7 Å². The summed E-state index contributed by atoms with van der Waals surface area (Å²) in [5, 5.41) is 2.73. The van der Waals surface area contributed by atoms with E-state index in [9.17, 15) is 18.0 Å². The first-order chi connectivity index (χ1) is 11.9. The zero-order chi connectivity index (χ0) is 18.2. The maximum absolute atomic E-state index is 12.6. The van der Waals surface area contributed by atoms with Crippen molar-refractivity contribution < 1.29 is 18.0 Å². The predicted molar refractivity (Wildman–Crippen MR) is 93.7 cm³/mol. The molecule has 0 saturated carbocycles. The highest BCUT2D eigenvalue weighted by atomic mass is 32.2. The fourth-order valence-electron chi connectivity index (χ4n) is 2.88. The molecule has 1 heterocycles. The van der Waals surface area contributed by atoms with E-state index in [4.69, 9.17) is 0 Å². The molecule has 2 aromatic rings. The fourth-order valence-corrected chi connectivity index (χ4v) is 4.60. The van der Waals surface area contributed by atoms with Crippen molar-refractivity contribution in [1.82, 2.24) is 4.31 Å². The molecule has 7 heteroatoms. The number of nitrogens with zero attached hydrogens (tertiary/aromatic N) is 1. The van der Waals surface area contributed by atoms with Crippen molar-refractivity contribution in [3.8, 4) is 0 Å². The molecule has 0 fully saturated rings. The molecule has 0 radical (unpaired) electrons. The number of hydrogen-bond donors (Lipinski definition) is 1. The molecule has 0 saturated heterocycles. The number of hydrogen-bond acceptors (Lipinski definition) is 4. The van der Waals surface area contributed by atoms with E-state index < -0.39 is 27.9 Å². The van der Waals surface area contributed by atoms with Crippen LogP contribution in [-0.4, -0.2) is 30.6 Å². The van der Waals surface area contributed by atoms with Crippen molar-refractivity contribution in [2.45, 2.75) is 31.2 Å². The molecule has 1 N–H and O–H groups in total. The molecule has 1 aliphatic heterocycles. The molecule has 3 rings (SSSR count). The Morgan fingerprint density at radius 1 is 1.12 bits per heavy atom. The van der Waals surface area contributed by atoms with Crippen molar-refractivity contribution in [2.24, 2.45) is 0 Å². The highest BCUT2D eigenvalue weighted by molar-refractivity contribution is 7.90. The van der Waals surface area contributed by atoms with Crippen LogP contribution in [0.5, 0.6) is 0 Å². The van der Waals surface area contributed by atoms with Crippen LogP contribution in [-0.2, 0) is 21.2 Å². The van der Waals surface area contributed by atoms with Gasteiger partial charge in [-0.3, -0.25) is 9.59 Å². The smallest absolute Gasteiger partial charge is 0.269 e. The Kier molecular flexibility index (Phi) is 4.34. The van der Waals surface area contributed by atoms with E-state index in [1.165, 1.54) is 19.1 Å². The van der Waals surface area contributed by atoms with Crippen LogP contribution in [0.25, 0.3) is 0 Å². The zero-order valence-corrected chi connectivity index (χ0v) is 14.7. The molecule has 0 bridgehead atoms. The van der Waals surface area contributed by atoms with Gasteiger partial charge in [-0.1, -0.05) is 37.3 Å². The lowest BCUT2D eigenvalue weighted by Crippen LogP contribution is -2.45. The first-order valence-corrected chi connectivity index (χ1v) is 9.38. The standard InChI is InChI=1S/C18H18N2O4S/c1-3-13-8-4-6-10-15(13)19-17(21)12(2)20-18(22)14-9-5-7-11-16(14)25(20,23)24/h4-12H,3H2,1-2H3,(H,19,21)/t12-/m0/s1. The molecule has 6 nitrogen and oxygen atoms in total. The highest BCUT2D eigenvalue weighted by Gasteiger charge is 2.45. The first kappa shape index (κ1) is 17.2. The Hall–Kier alpha value is -2.67. The summed E-state index contributed by atoms with van der Waals surface area (Å²) in [7, 11) is -4.02. The third kappa shape index (κ3) is 2.80. The first-order valence-electron chi connectivity index (χ1n) is 7.94. The van der Waals surface area contributed by atoms with Crippen molar-refractivity contribution in [2.75, 3.05) is 5.32 Å². The fraction of sp³-hybridized carbons (Fsp3) is 0.222. The van der Waals surface area contributed by atoms with Crippen LogP contribution >= 0.6 is 0 Å². The van der Waals surface area contributed by atoms with Gasteiger partial charge in [-0.25, -0.2) is 12.7 Å². The lowest BCUT2D eigenvalue weighted by atomic mass is 10.1. The van der Waals surface area contributed by atoms with Crippen LogP contribution in [0.15, 0.2) is 53.4 Å². The Bertz CT molecular complexity index is 953. The Morgan fingerprint density at radius 2 is 1.76 bits per heavy atom. The van der Waals surface area contributed by atoms with Gasteiger partial charge < -0.3 is 5.32 Å². The van der Waals surface area contributed by atoms with Crippen LogP contribution in [0.4, 0.5) is 5.69 Å². The molecule has 1 aliphatic rings. The number of amides is 2. The molecule has 0 unspecified atom stereocenters. The molecule has 2 aromatic carbocycles. The second kappa shape index (κ2) is 6.33. The molecular formula is C18H18N2O4S. The lowest BCUT2D eigenvalue weighted by Gasteiger charge is -2.23. The van der Waals surface area contributed by atoms with Crippen LogP contribution in [0.1, 0.15) is 29.8 Å². The number of anilines is 1. The minimum atomic E-state index is -4.02. The van der Waals surface area contributed by atoms with E-state index in [0.29, 0.717) is 9.99 Å². The van der Waals surface area contributed by atoms with Gasteiger partial charge in [-0.05, 0) is 37.1 Å². The molecule has 130 valence electrons. The number of carbonyl (C=O) groups is 2. The largest absolute Gasteiger partial charge is 0.324 e. The van der Waals surface area contributed by atoms with Gasteiger partial charge in [0, 0.05) is 5.69 Å². The van der Waals surface area contributed by atoms with E-state index in [2.05, 4.69) is 5.32 Å². The van der Waals surface area contributed by atoms with Gasteiger partial charge in [-0.15, -0.1) is 0 Å². The summed E-state index contributed by atoms with van der Waals surface area (Å²) in [5.41, 5.74) is 1.64. The Morgan fingerprint density at radius 3 is 2.44 bits per heavy atom. The predicted octanol–water partition coefficient (Wildman–Crippen LogP) is 2.42. The topological polar surface area (TPSA) is 83.6 Å². The van der Waals surface area contributed by atoms with Gasteiger partial charge in [0.15, 0.2) is 0 Å². The van der Waals surface area contributed by atoms with Crippen LogP contribution in [0.3, 0.4) is 0 Å². The summed E-state index contributed by atoms with van der Waals surface area (Å²) in [6.45, 7) is 3.37. The average Bonchev–Trinajstić information content (AvgIpc) is 2.81. The van der Waals surface area contributed by atoms with E-state index in [0.717, 1.165) is 12.0 Å². The third-order valence-corrected chi connectivity index (χ3v) is 6.15. The number of nitrogens with one attached hydrogen (secondary N) is 1. The van der Waals surface area contributed by atoms with Gasteiger partial charge in [0.2, 0.25) is 5.91 Å². The Balaban J connectivity index is 1.90. The van der Waals surface area contributed by atoms with Crippen molar-refractivity contribution >= 4 is 27.5 Å². The number of rotatable bonds is 4. The summed E-state index contributed by atoms with van der Waals surface area (Å²) >= 11 is 0. The lowest BCUT2D eigenvalue weighted by molar-refractivity contribution is -0.118. The summed E-state index contributed by atoms with van der Waals surface area (Å²) < 4.78 is 25.9. The maximum Gasteiger partial charge on any atom is 0.269 e. The summed E-state index contributed by atoms with van der Waals surface area (Å²) in [6, 6.07) is 12.1. The second-order valence-corrected chi connectivity index (χ2v) is 7.56. The van der Waals surface area contributed by atoms with Crippen LogP contribution < -0.4 is 5.32 Å². The van der Waals surface area contributed by atoms with Gasteiger partial charge >= 0.3 is 0 Å². The number of benzene rings is 2. The number of carbonyl (C=O) groups excluding carboxylic acids is 2. The summed E-state index contributed by atoms with van der Waals surface area (Å²) in [5.74, 6) is -1.23. The van der Waals surface area contributed by atoms with E-state index in [-0.39, 0.29) is 10.5 Å². The molecule has 0 spiro atoms. The second-order valence-electron chi connectivity index (χ2n) is 5.78. The van der Waals surface area contributed by atoms with E-state index >= 15 is 0 Å². The molecule has 2 amide bonds. The number of aryl methyl sites for hydroxylation is 1. The van der Waals surface area contributed by atoms with Crippen LogP contribution in [0, 0.1) is 0 Å². The molecule has 0 aliphatic carbocycles. The molecule has 1 atom stereocenters. The number of sulfonamides is 1. The van der Waals surface area contributed by atoms with E-state index in [1.807, 2.05) is 19.1 Å². The minimum absolute atomic E-state index is 0.0615. The number of para-hydroxylation sites is 1. The molecule has 0 aromatic heterocycles. The maximum atomic E-state index is 12.6. The summed E-state index contributed by atoms with van der Waals surface area (Å²) in [6.07, 6.45) is 0.719. The quantitative estimate of drug-likeness (QED) is 0.910.